The van der Waals surface area contributed by atoms with Crippen LogP contribution >= 0.6 is 0 Å². The van der Waals surface area contributed by atoms with E-state index in [1.54, 1.807) is 33.8 Å². The second-order valence-electron chi connectivity index (χ2n) is 5.86. The van der Waals surface area contributed by atoms with Crippen molar-refractivity contribution in [1.29, 1.82) is 0 Å². The first-order chi connectivity index (χ1) is 10.2. The third-order valence-corrected chi connectivity index (χ3v) is 3.77. The van der Waals surface area contributed by atoms with Crippen molar-refractivity contribution in [3.8, 4) is 0 Å². The van der Waals surface area contributed by atoms with Gasteiger partial charge in [0.25, 0.3) is 0 Å². The average Bonchev–Trinajstić information content (AvgIpc) is 2.93. The maximum Gasteiger partial charge on any atom is 0.224 e. The van der Waals surface area contributed by atoms with Crippen LogP contribution in [0.15, 0.2) is 15.0 Å². The van der Waals surface area contributed by atoms with Crippen molar-refractivity contribution in [2.75, 3.05) is 6.54 Å². The summed E-state index contributed by atoms with van der Waals surface area (Å²) in [6, 6.07) is 1.79. The van der Waals surface area contributed by atoms with Gasteiger partial charge in [-0.3, -0.25) is 4.79 Å². The zero-order chi connectivity index (χ0) is 16.5. The van der Waals surface area contributed by atoms with Gasteiger partial charge in [-0.15, -0.1) is 0 Å². The van der Waals surface area contributed by atoms with Crippen molar-refractivity contribution < 1.29 is 18.8 Å². The van der Waals surface area contributed by atoms with E-state index in [1.807, 2.05) is 6.92 Å². The Labute approximate surface area is 129 Å². The van der Waals surface area contributed by atoms with E-state index in [-0.39, 0.29) is 18.9 Å². The van der Waals surface area contributed by atoms with Gasteiger partial charge < -0.3 is 19.4 Å². The molecular weight excluding hydrogens is 284 g/mol. The smallest absolute Gasteiger partial charge is 0.224 e. The molecule has 2 aromatic heterocycles. The van der Waals surface area contributed by atoms with Crippen LogP contribution in [-0.4, -0.2) is 22.7 Å². The van der Waals surface area contributed by atoms with E-state index in [4.69, 9.17) is 8.94 Å². The van der Waals surface area contributed by atoms with Crippen LogP contribution in [0.1, 0.15) is 41.0 Å². The van der Waals surface area contributed by atoms with Crippen LogP contribution < -0.4 is 5.32 Å². The molecule has 0 unspecified atom stereocenters. The number of aromatic nitrogens is 1. The fourth-order valence-corrected chi connectivity index (χ4v) is 2.51. The summed E-state index contributed by atoms with van der Waals surface area (Å²) in [5.74, 6) is 1.84. The second-order valence-corrected chi connectivity index (χ2v) is 5.86. The fourth-order valence-electron chi connectivity index (χ4n) is 2.51. The highest BCUT2D eigenvalue weighted by atomic mass is 16.5. The van der Waals surface area contributed by atoms with Crippen LogP contribution in [-0.2, 0) is 16.8 Å². The molecule has 0 aliphatic carbocycles. The normalized spacial score (nSPS) is 13.9. The number of nitrogens with zero attached hydrogens (tertiary/aromatic N) is 1. The number of rotatable bonds is 5. The fraction of sp³-hybridized carbons (Fsp3) is 0.500. The highest BCUT2D eigenvalue weighted by Crippen LogP contribution is 2.26. The van der Waals surface area contributed by atoms with E-state index in [9.17, 15) is 9.90 Å². The largest absolute Gasteiger partial charge is 0.466 e. The van der Waals surface area contributed by atoms with Gasteiger partial charge in [-0.25, -0.2) is 0 Å². The van der Waals surface area contributed by atoms with Gasteiger partial charge in [0.15, 0.2) is 0 Å². The molecule has 2 N–H and O–H groups in total. The molecule has 0 aliphatic rings. The van der Waals surface area contributed by atoms with Crippen LogP contribution in [0, 0.1) is 27.7 Å². The molecule has 0 aliphatic heterocycles. The van der Waals surface area contributed by atoms with E-state index in [0.717, 1.165) is 11.3 Å². The second kappa shape index (κ2) is 5.96. The summed E-state index contributed by atoms with van der Waals surface area (Å²) in [5.41, 5.74) is 0.992. The zero-order valence-electron chi connectivity index (χ0n) is 13.6. The lowest BCUT2D eigenvalue weighted by Gasteiger charge is -2.23. The number of hydrogen-bond acceptors (Lipinski definition) is 5. The van der Waals surface area contributed by atoms with Crippen molar-refractivity contribution >= 4 is 5.91 Å². The summed E-state index contributed by atoms with van der Waals surface area (Å²) in [6.45, 7) is 8.95. The van der Waals surface area contributed by atoms with Crippen LogP contribution in [0.3, 0.4) is 0 Å². The summed E-state index contributed by atoms with van der Waals surface area (Å²) in [6.07, 6.45) is 0.181. The standard InChI is InChI=1S/C16H22N2O4/c1-9-6-14(12(4)21-9)16(5,20)8-17-15(19)7-13-10(2)18-22-11(13)3/h6,20H,7-8H2,1-5H3,(H,17,19)/t16-/m0/s1. The van der Waals surface area contributed by atoms with E-state index >= 15 is 0 Å². The van der Waals surface area contributed by atoms with Crippen molar-refractivity contribution in [3.63, 3.8) is 0 Å². The molecule has 0 saturated heterocycles. The molecule has 22 heavy (non-hydrogen) atoms. The predicted molar refractivity (Wildman–Crippen MR) is 80.4 cm³/mol. The van der Waals surface area contributed by atoms with Crippen LogP contribution in [0.25, 0.3) is 0 Å². The summed E-state index contributed by atoms with van der Waals surface area (Å²) in [7, 11) is 0. The zero-order valence-corrected chi connectivity index (χ0v) is 13.6. The SMILES string of the molecule is Cc1cc([C@@](C)(O)CNC(=O)Cc2c(C)noc2C)c(C)o1. The van der Waals surface area contributed by atoms with Gasteiger partial charge in [0.1, 0.15) is 22.9 Å². The van der Waals surface area contributed by atoms with Gasteiger partial charge in [-0.1, -0.05) is 5.16 Å². The highest BCUT2D eigenvalue weighted by molar-refractivity contribution is 5.79. The molecule has 0 fully saturated rings. The molecule has 2 rings (SSSR count). The summed E-state index contributed by atoms with van der Waals surface area (Å²) >= 11 is 0. The lowest BCUT2D eigenvalue weighted by Crippen LogP contribution is -2.39. The molecule has 0 spiro atoms. The molecule has 0 saturated carbocycles. The maximum atomic E-state index is 12.1. The quantitative estimate of drug-likeness (QED) is 0.882. The molecule has 6 heteroatoms. The highest BCUT2D eigenvalue weighted by Gasteiger charge is 2.28. The minimum Gasteiger partial charge on any atom is -0.466 e. The third-order valence-electron chi connectivity index (χ3n) is 3.77. The first-order valence-electron chi connectivity index (χ1n) is 7.19. The van der Waals surface area contributed by atoms with Gasteiger partial charge in [0, 0.05) is 11.1 Å². The van der Waals surface area contributed by atoms with Crippen molar-refractivity contribution in [2.24, 2.45) is 0 Å². The number of carbonyl (C=O) groups is 1. The van der Waals surface area contributed by atoms with E-state index in [0.29, 0.717) is 22.8 Å². The molecule has 6 nitrogen and oxygen atoms in total. The number of nitrogens with one attached hydrogen (secondary N) is 1. The first kappa shape index (κ1) is 16.3. The van der Waals surface area contributed by atoms with Gasteiger partial charge in [0.2, 0.25) is 5.91 Å². The van der Waals surface area contributed by atoms with E-state index in [2.05, 4.69) is 10.5 Å². The van der Waals surface area contributed by atoms with Crippen LogP contribution in [0.5, 0.6) is 0 Å². The Morgan fingerprint density at radius 1 is 1.32 bits per heavy atom. The molecule has 2 heterocycles. The minimum absolute atomic E-state index is 0.106. The Balaban J connectivity index is 2.00. The number of amides is 1. The van der Waals surface area contributed by atoms with Crippen molar-refractivity contribution in [3.05, 3.63) is 40.2 Å². The number of carbonyl (C=O) groups excluding carboxylic acids is 1. The van der Waals surface area contributed by atoms with Crippen LogP contribution in [0.4, 0.5) is 0 Å². The molecule has 0 aromatic carbocycles. The molecular formula is C16H22N2O4. The van der Waals surface area contributed by atoms with Crippen LogP contribution in [0.2, 0.25) is 0 Å². The van der Waals surface area contributed by atoms with Gasteiger partial charge in [-0.2, -0.15) is 0 Å². The van der Waals surface area contributed by atoms with Gasteiger partial charge in [-0.05, 0) is 40.7 Å². The Kier molecular flexibility index (Phi) is 4.42. The van der Waals surface area contributed by atoms with E-state index < -0.39 is 5.60 Å². The first-order valence-corrected chi connectivity index (χ1v) is 7.19. The average molecular weight is 306 g/mol. The molecule has 2 aromatic rings. The maximum absolute atomic E-state index is 12.1. The summed E-state index contributed by atoms with van der Waals surface area (Å²) in [4.78, 5) is 12.1. The Hall–Kier alpha value is -2.08. The van der Waals surface area contributed by atoms with Crippen molar-refractivity contribution in [1.82, 2.24) is 10.5 Å². The minimum atomic E-state index is -1.18. The third kappa shape index (κ3) is 3.39. The predicted octanol–water partition coefficient (Wildman–Crippen LogP) is 2.07. The van der Waals surface area contributed by atoms with E-state index in [1.165, 1.54) is 0 Å². The topological polar surface area (TPSA) is 88.5 Å². The lowest BCUT2D eigenvalue weighted by atomic mass is 9.96. The van der Waals surface area contributed by atoms with Crippen molar-refractivity contribution in [2.45, 2.75) is 46.6 Å². The molecule has 0 bridgehead atoms. The number of aliphatic hydroxyl groups is 1. The summed E-state index contributed by atoms with van der Waals surface area (Å²) < 4.78 is 10.5. The molecule has 1 amide bonds. The Bertz CT molecular complexity index is 663. The number of furan rings is 1. The molecule has 0 radical (unpaired) electrons. The molecule has 120 valence electrons. The lowest BCUT2D eigenvalue weighted by molar-refractivity contribution is -0.121. The Morgan fingerprint density at radius 2 is 2.00 bits per heavy atom. The summed E-state index contributed by atoms with van der Waals surface area (Å²) in [5, 5.41) is 17.1. The monoisotopic (exact) mass is 306 g/mol. The number of hydrogen-bond donors (Lipinski definition) is 2. The Morgan fingerprint density at radius 3 is 2.50 bits per heavy atom. The van der Waals surface area contributed by atoms with Gasteiger partial charge in [0.05, 0.1) is 18.7 Å². The molecule has 1 atom stereocenters. The number of aryl methyl sites for hydroxylation is 4. The van der Waals surface area contributed by atoms with Gasteiger partial charge >= 0.3 is 0 Å².